The maximum absolute atomic E-state index is 10.4. The molecular weight excluding hydrogens is 227 g/mol. The quantitative estimate of drug-likeness (QED) is 0.720. The van der Waals surface area contributed by atoms with Gasteiger partial charge in [-0.15, -0.1) is 17.0 Å². The van der Waals surface area contributed by atoms with Gasteiger partial charge < -0.3 is 0 Å². The number of halogens is 2. The van der Waals surface area contributed by atoms with Crippen LogP contribution in [0.3, 0.4) is 0 Å². The maximum Gasteiger partial charge on any atom is 0.226 e. The molecule has 0 amide bonds. The second-order valence-corrected chi connectivity index (χ2v) is 2.44. The molecule has 0 saturated heterocycles. The molecule has 0 spiro atoms. The van der Waals surface area contributed by atoms with Crippen LogP contribution in [0, 0.1) is 0 Å². The van der Waals surface area contributed by atoms with Gasteiger partial charge in [-0.05, 0) is 17.2 Å². The van der Waals surface area contributed by atoms with Crippen molar-refractivity contribution < 1.29 is 4.79 Å². The molecule has 11 heavy (non-hydrogen) atoms. The summed E-state index contributed by atoms with van der Waals surface area (Å²) >= 11 is 5.17. The summed E-state index contributed by atoms with van der Waals surface area (Å²) in [4.78, 5) is 10.4. The average molecular weight is 236 g/mol. The molecule has 1 aromatic carbocycles. The largest absolute Gasteiger partial charge is 0.281 e. The Morgan fingerprint density at radius 2 is 1.82 bits per heavy atom. The molecule has 0 saturated carbocycles. The van der Waals surface area contributed by atoms with Crippen molar-refractivity contribution >= 4 is 33.8 Å². The van der Waals surface area contributed by atoms with Crippen LogP contribution in [0.2, 0.25) is 0 Å². The van der Waals surface area contributed by atoms with Crippen molar-refractivity contribution in [3.63, 3.8) is 0 Å². The van der Waals surface area contributed by atoms with Gasteiger partial charge in [-0.3, -0.25) is 4.79 Å². The number of carbonyl (C=O) groups excluding carboxylic acids is 1. The minimum absolute atomic E-state index is 0. The number of benzene rings is 1. The van der Waals surface area contributed by atoms with E-state index in [9.17, 15) is 4.79 Å². The first-order chi connectivity index (χ1) is 4.79. The molecule has 0 radical (unpaired) electrons. The predicted octanol–water partition coefficient (Wildman–Crippen LogP) is 2.57. The summed E-state index contributed by atoms with van der Waals surface area (Å²) in [6.45, 7) is 0. The number of carbonyl (C=O) groups is 1. The summed E-state index contributed by atoms with van der Waals surface area (Å²) in [6.07, 6.45) is 0.322. The van der Waals surface area contributed by atoms with Crippen molar-refractivity contribution in [2.45, 2.75) is 6.42 Å². The minimum atomic E-state index is -0.314. The van der Waals surface area contributed by atoms with Crippen LogP contribution in [0.5, 0.6) is 0 Å². The molecule has 0 bridgehead atoms. The first kappa shape index (κ1) is 10.7. The van der Waals surface area contributed by atoms with Crippen LogP contribution in [0.15, 0.2) is 30.3 Å². The third-order valence-electron chi connectivity index (χ3n) is 1.19. The van der Waals surface area contributed by atoms with Gasteiger partial charge in [0.1, 0.15) is 0 Å². The Hall–Kier alpha value is -0.340. The van der Waals surface area contributed by atoms with Gasteiger partial charge in [-0.25, -0.2) is 0 Å². The van der Waals surface area contributed by atoms with E-state index in [2.05, 4.69) is 0 Å². The zero-order chi connectivity index (χ0) is 7.40. The lowest BCUT2D eigenvalue weighted by molar-refractivity contribution is -0.111. The van der Waals surface area contributed by atoms with E-state index in [1.54, 1.807) is 0 Å². The van der Waals surface area contributed by atoms with Crippen molar-refractivity contribution in [3.8, 4) is 0 Å². The lowest BCUT2D eigenvalue weighted by Gasteiger charge is -1.92. The molecule has 0 heterocycles. The first-order valence-corrected chi connectivity index (χ1v) is 3.39. The third-order valence-corrected chi connectivity index (χ3v) is 1.32. The average Bonchev–Trinajstić information content (AvgIpc) is 1.88. The third kappa shape index (κ3) is 4.17. The summed E-state index contributed by atoms with van der Waals surface area (Å²) in [5.74, 6) is 0. The number of rotatable bonds is 2. The van der Waals surface area contributed by atoms with Crippen molar-refractivity contribution in [2.24, 2.45) is 0 Å². The van der Waals surface area contributed by atoms with Crippen LogP contribution in [0.25, 0.3) is 0 Å². The fourth-order valence-corrected chi connectivity index (χ4v) is 0.911. The fraction of sp³-hybridized carbons (Fsp3) is 0.125. The van der Waals surface area contributed by atoms with Gasteiger partial charge in [0, 0.05) is 6.42 Å². The molecule has 1 aromatic rings. The van der Waals surface area contributed by atoms with Crippen LogP contribution < -0.4 is 0 Å². The molecular formula is C8H8BrClO. The minimum Gasteiger partial charge on any atom is -0.281 e. The Morgan fingerprint density at radius 3 is 2.27 bits per heavy atom. The van der Waals surface area contributed by atoms with Gasteiger partial charge in [0.2, 0.25) is 5.24 Å². The molecule has 60 valence electrons. The topological polar surface area (TPSA) is 17.1 Å². The summed E-state index contributed by atoms with van der Waals surface area (Å²) in [5, 5.41) is -0.314. The van der Waals surface area contributed by atoms with E-state index in [4.69, 9.17) is 11.6 Å². The van der Waals surface area contributed by atoms with Gasteiger partial charge >= 0.3 is 0 Å². The van der Waals surface area contributed by atoms with E-state index >= 15 is 0 Å². The molecule has 0 fully saturated rings. The van der Waals surface area contributed by atoms with Gasteiger partial charge in [-0.1, -0.05) is 30.3 Å². The van der Waals surface area contributed by atoms with Crippen molar-refractivity contribution in [1.82, 2.24) is 0 Å². The molecule has 0 aliphatic carbocycles. The fourth-order valence-electron chi connectivity index (χ4n) is 0.756. The predicted molar refractivity (Wildman–Crippen MR) is 51.3 cm³/mol. The van der Waals surface area contributed by atoms with Gasteiger partial charge in [0.25, 0.3) is 0 Å². The van der Waals surface area contributed by atoms with Crippen LogP contribution >= 0.6 is 28.6 Å². The normalized spacial score (nSPS) is 8.45. The van der Waals surface area contributed by atoms with E-state index < -0.39 is 0 Å². The monoisotopic (exact) mass is 234 g/mol. The highest BCUT2D eigenvalue weighted by Gasteiger charge is 1.95. The lowest BCUT2D eigenvalue weighted by Crippen LogP contribution is -1.91. The van der Waals surface area contributed by atoms with E-state index in [-0.39, 0.29) is 22.2 Å². The van der Waals surface area contributed by atoms with E-state index in [1.165, 1.54) is 0 Å². The van der Waals surface area contributed by atoms with Crippen LogP contribution in [-0.2, 0) is 11.2 Å². The second-order valence-electron chi connectivity index (χ2n) is 2.02. The Kier molecular flexibility index (Phi) is 5.16. The highest BCUT2D eigenvalue weighted by Crippen LogP contribution is 2.00. The Morgan fingerprint density at radius 1 is 1.27 bits per heavy atom. The Labute approximate surface area is 81.1 Å². The molecule has 0 aliphatic rings. The standard InChI is InChI=1S/C8H7ClO.BrH/c9-8(10)6-7-4-2-1-3-5-7;/h1-5H,6H2;1H. The summed E-state index contributed by atoms with van der Waals surface area (Å²) in [5.41, 5.74) is 0.961. The zero-order valence-corrected chi connectivity index (χ0v) is 8.26. The molecule has 0 unspecified atom stereocenters. The van der Waals surface area contributed by atoms with E-state index in [0.29, 0.717) is 6.42 Å². The van der Waals surface area contributed by atoms with Crippen LogP contribution in [-0.4, -0.2) is 5.24 Å². The molecule has 0 atom stereocenters. The van der Waals surface area contributed by atoms with E-state index in [1.807, 2.05) is 30.3 Å². The van der Waals surface area contributed by atoms with Crippen LogP contribution in [0.4, 0.5) is 0 Å². The summed E-state index contributed by atoms with van der Waals surface area (Å²) < 4.78 is 0. The second kappa shape index (κ2) is 5.33. The van der Waals surface area contributed by atoms with E-state index in [0.717, 1.165) is 5.56 Å². The summed E-state index contributed by atoms with van der Waals surface area (Å²) in [7, 11) is 0. The van der Waals surface area contributed by atoms with Gasteiger partial charge in [0.15, 0.2) is 0 Å². The van der Waals surface area contributed by atoms with Crippen molar-refractivity contribution in [3.05, 3.63) is 35.9 Å². The molecule has 3 heteroatoms. The Balaban J connectivity index is 0.000001000. The van der Waals surface area contributed by atoms with Crippen molar-refractivity contribution in [1.29, 1.82) is 0 Å². The summed E-state index contributed by atoms with van der Waals surface area (Å²) in [6, 6.07) is 9.42. The zero-order valence-electron chi connectivity index (χ0n) is 5.79. The smallest absolute Gasteiger partial charge is 0.226 e. The highest BCUT2D eigenvalue weighted by molar-refractivity contribution is 8.93. The molecule has 0 aliphatic heterocycles. The number of hydrogen-bond acceptors (Lipinski definition) is 1. The Bertz CT molecular complexity index is 223. The lowest BCUT2D eigenvalue weighted by atomic mass is 10.2. The van der Waals surface area contributed by atoms with Crippen LogP contribution in [0.1, 0.15) is 5.56 Å². The maximum atomic E-state index is 10.4. The molecule has 1 nitrogen and oxygen atoms in total. The molecule has 0 aromatic heterocycles. The molecule has 1 rings (SSSR count). The molecule has 0 N–H and O–H groups in total. The number of hydrogen-bond donors (Lipinski definition) is 0. The SMILES string of the molecule is Br.O=C(Cl)Cc1ccccc1. The van der Waals surface area contributed by atoms with Crippen molar-refractivity contribution in [2.75, 3.05) is 0 Å². The highest BCUT2D eigenvalue weighted by atomic mass is 79.9. The first-order valence-electron chi connectivity index (χ1n) is 3.01. The van der Waals surface area contributed by atoms with Gasteiger partial charge in [-0.2, -0.15) is 0 Å². The van der Waals surface area contributed by atoms with Gasteiger partial charge in [0.05, 0.1) is 0 Å².